The van der Waals surface area contributed by atoms with E-state index in [0.717, 1.165) is 21.5 Å². The van der Waals surface area contributed by atoms with Gasteiger partial charge in [0.1, 0.15) is 5.75 Å². The number of nitrogens with two attached hydrogens (primary N) is 1. The predicted molar refractivity (Wildman–Crippen MR) is 84.4 cm³/mol. The van der Waals surface area contributed by atoms with Crippen LogP contribution in [0.1, 0.15) is 25.5 Å². The highest BCUT2D eigenvalue weighted by Crippen LogP contribution is 2.36. The zero-order chi connectivity index (χ0) is 14.5. The van der Waals surface area contributed by atoms with Crippen LogP contribution in [0.5, 0.6) is 17.2 Å². The quantitative estimate of drug-likeness (QED) is 0.864. The summed E-state index contributed by atoms with van der Waals surface area (Å²) in [5, 5.41) is 0. The van der Waals surface area contributed by atoms with E-state index in [1.165, 1.54) is 0 Å². The lowest BCUT2D eigenvalue weighted by molar-refractivity contribution is 0.321. The van der Waals surface area contributed by atoms with E-state index in [1.807, 2.05) is 56.3 Å². The first-order valence-corrected chi connectivity index (χ1v) is 7.35. The van der Waals surface area contributed by atoms with Gasteiger partial charge >= 0.3 is 0 Å². The fraction of sp³-hybridized carbons (Fsp3) is 0.250. The monoisotopic (exact) mass is 335 g/mol. The van der Waals surface area contributed by atoms with Crippen molar-refractivity contribution in [2.75, 3.05) is 6.61 Å². The molecule has 2 aromatic rings. The number of halogens is 1. The molecule has 0 amide bonds. The summed E-state index contributed by atoms with van der Waals surface area (Å²) in [6.45, 7) is 4.50. The van der Waals surface area contributed by atoms with Crippen LogP contribution in [0.15, 0.2) is 46.9 Å². The molecule has 3 nitrogen and oxygen atoms in total. The highest BCUT2D eigenvalue weighted by atomic mass is 79.9. The van der Waals surface area contributed by atoms with Crippen molar-refractivity contribution >= 4 is 15.9 Å². The Morgan fingerprint density at radius 3 is 2.40 bits per heavy atom. The van der Waals surface area contributed by atoms with Crippen molar-refractivity contribution in [1.82, 2.24) is 0 Å². The molecule has 2 rings (SSSR count). The lowest BCUT2D eigenvalue weighted by Crippen LogP contribution is -2.04. The molecule has 0 saturated heterocycles. The molecule has 2 N–H and O–H groups in total. The van der Waals surface area contributed by atoms with Crippen molar-refractivity contribution < 1.29 is 9.47 Å². The van der Waals surface area contributed by atoms with E-state index in [0.29, 0.717) is 12.4 Å². The van der Waals surface area contributed by atoms with Crippen LogP contribution in [0.4, 0.5) is 0 Å². The molecule has 20 heavy (non-hydrogen) atoms. The second-order valence-electron chi connectivity index (χ2n) is 4.46. The minimum absolute atomic E-state index is 0.00365. The summed E-state index contributed by atoms with van der Waals surface area (Å²) in [5.41, 5.74) is 6.92. The van der Waals surface area contributed by atoms with Crippen LogP contribution in [0.25, 0.3) is 0 Å². The van der Waals surface area contributed by atoms with E-state index in [2.05, 4.69) is 15.9 Å². The Balaban J connectivity index is 2.26. The molecular weight excluding hydrogens is 318 g/mol. The van der Waals surface area contributed by atoms with Crippen molar-refractivity contribution in [2.24, 2.45) is 5.73 Å². The minimum atomic E-state index is -0.00365. The Kier molecular flexibility index (Phi) is 5.04. The molecule has 0 bridgehead atoms. The Labute approximate surface area is 127 Å². The zero-order valence-electron chi connectivity index (χ0n) is 11.6. The summed E-state index contributed by atoms with van der Waals surface area (Å²) < 4.78 is 12.3. The average Bonchev–Trinajstić information content (AvgIpc) is 2.43. The summed E-state index contributed by atoms with van der Waals surface area (Å²) in [5.74, 6) is 2.17. The van der Waals surface area contributed by atoms with Gasteiger partial charge in [-0.1, -0.05) is 18.2 Å². The Hall–Kier alpha value is -1.52. The SMILES string of the molecule is CCOc1ccccc1Oc1ccc(C(C)N)cc1Br. The Morgan fingerprint density at radius 2 is 1.80 bits per heavy atom. The standard InChI is InChI=1S/C16H18BrNO2/c1-3-19-15-6-4-5-7-16(15)20-14-9-8-12(11(2)18)10-13(14)17/h4-11H,3,18H2,1-2H3. The highest BCUT2D eigenvalue weighted by molar-refractivity contribution is 9.10. The molecule has 0 radical (unpaired) electrons. The number of hydrogen-bond donors (Lipinski definition) is 1. The predicted octanol–water partition coefficient (Wildman–Crippen LogP) is 4.66. The number of benzene rings is 2. The molecule has 1 unspecified atom stereocenters. The van der Waals surface area contributed by atoms with Crippen molar-refractivity contribution in [3.63, 3.8) is 0 Å². The van der Waals surface area contributed by atoms with Gasteiger partial charge in [0, 0.05) is 6.04 Å². The molecule has 0 aliphatic rings. The summed E-state index contributed by atoms with van der Waals surface area (Å²) in [6.07, 6.45) is 0. The van der Waals surface area contributed by atoms with Gasteiger partial charge in [0.15, 0.2) is 11.5 Å². The summed E-state index contributed by atoms with van der Waals surface area (Å²) >= 11 is 3.52. The average molecular weight is 336 g/mol. The van der Waals surface area contributed by atoms with Gasteiger partial charge in [0.05, 0.1) is 11.1 Å². The van der Waals surface area contributed by atoms with Gasteiger partial charge in [-0.25, -0.2) is 0 Å². The molecular formula is C16H18BrNO2. The van der Waals surface area contributed by atoms with Crippen LogP contribution < -0.4 is 15.2 Å². The summed E-state index contributed by atoms with van der Waals surface area (Å²) in [6, 6.07) is 13.5. The first kappa shape index (κ1) is 14.9. The minimum Gasteiger partial charge on any atom is -0.490 e. The van der Waals surface area contributed by atoms with Crippen LogP contribution >= 0.6 is 15.9 Å². The summed E-state index contributed by atoms with van der Waals surface area (Å²) in [4.78, 5) is 0. The largest absolute Gasteiger partial charge is 0.490 e. The van der Waals surface area contributed by atoms with Crippen LogP contribution in [0.2, 0.25) is 0 Å². The second-order valence-corrected chi connectivity index (χ2v) is 5.31. The fourth-order valence-electron chi connectivity index (χ4n) is 1.81. The molecule has 0 heterocycles. The molecule has 0 aliphatic heterocycles. The van der Waals surface area contributed by atoms with E-state index in [9.17, 15) is 0 Å². The van der Waals surface area contributed by atoms with Gasteiger partial charge in [0.25, 0.3) is 0 Å². The maximum absolute atomic E-state index is 5.91. The Bertz CT molecular complexity index is 584. The molecule has 106 valence electrons. The third-order valence-electron chi connectivity index (χ3n) is 2.85. The van der Waals surface area contributed by atoms with E-state index < -0.39 is 0 Å². The number of para-hydroxylation sites is 2. The molecule has 0 spiro atoms. The first-order chi connectivity index (χ1) is 9.61. The maximum Gasteiger partial charge on any atom is 0.169 e. The molecule has 2 aromatic carbocycles. The molecule has 0 fully saturated rings. The van der Waals surface area contributed by atoms with Crippen molar-refractivity contribution in [2.45, 2.75) is 19.9 Å². The number of rotatable bonds is 5. The zero-order valence-corrected chi connectivity index (χ0v) is 13.2. The molecule has 0 aliphatic carbocycles. The van der Waals surface area contributed by atoms with E-state index >= 15 is 0 Å². The van der Waals surface area contributed by atoms with E-state index in [4.69, 9.17) is 15.2 Å². The normalized spacial score (nSPS) is 12.0. The van der Waals surface area contributed by atoms with Gasteiger partial charge in [-0.05, 0) is 59.6 Å². The van der Waals surface area contributed by atoms with Gasteiger partial charge in [-0.15, -0.1) is 0 Å². The van der Waals surface area contributed by atoms with Gasteiger partial charge in [-0.3, -0.25) is 0 Å². The van der Waals surface area contributed by atoms with Gasteiger partial charge in [0.2, 0.25) is 0 Å². The van der Waals surface area contributed by atoms with E-state index in [-0.39, 0.29) is 6.04 Å². The summed E-state index contributed by atoms with van der Waals surface area (Å²) in [7, 11) is 0. The van der Waals surface area contributed by atoms with Crippen molar-refractivity contribution in [3.8, 4) is 17.2 Å². The highest BCUT2D eigenvalue weighted by Gasteiger charge is 2.09. The molecule has 1 atom stereocenters. The fourth-order valence-corrected chi connectivity index (χ4v) is 2.29. The van der Waals surface area contributed by atoms with Crippen LogP contribution in [0.3, 0.4) is 0 Å². The third-order valence-corrected chi connectivity index (χ3v) is 3.47. The van der Waals surface area contributed by atoms with E-state index in [1.54, 1.807) is 0 Å². The first-order valence-electron chi connectivity index (χ1n) is 6.56. The third kappa shape index (κ3) is 3.52. The maximum atomic E-state index is 5.91. The molecule has 0 saturated carbocycles. The topological polar surface area (TPSA) is 44.5 Å². The van der Waals surface area contributed by atoms with Crippen LogP contribution in [-0.2, 0) is 0 Å². The lowest BCUT2D eigenvalue weighted by atomic mass is 10.1. The van der Waals surface area contributed by atoms with Crippen molar-refractivity contribution in [1.29, 1.82) is 0 Å². The molecule has 4 heteroatoms. The number of hydrogen-bond acceptors (Lipinski definition) is 3. The Morgan fingerprint density at radius 1 is 1.10 bits per heavy atom. The van der Waals surface area contributed by atoms with Gasteiger partial charge < -0.3 is 15.2 Å². The number of ether oxygens (including phenoxy) is 2. The lowest BCUT2D eigenvalue weighted by Gasteiger charge is -2.14. The molecule has 0 aromatic heterocycles. The van der Waals surface area contributed by atoms with Crippen molar-refractivity contribution in [3.05, 3.63) is 52.5 Å². The second kappa shape index (κ2) is 6.77. The smallest absolute Gasteiger partial charge is 0.169 e. The van der Waals surface area contributed by atoms with Crippen LogP contribution in [0, 0.1) is 0 Å². The van der Waals surface area contributed by atoms with Crippen LogP contribution in [-0.4, -0.2) is 6.61 Å². The van der Waals surface area contributed by atoms with Gasteiger partial charge in [-0.2, -0.15) is 0 Å².